The number of carbonyl (C=O) groups excluding carboxylic acids is 1. The Bertz CT molecular complexity index is 664. The lowest BCUT2D eigenvalue weighted by Gasteiger charge is -2.23. The van der Waals surface area contributed by atoms with Crippen molar-refractivity contribution in [3.63, 3.8) is 0 Å². The maximum absolute atomic E-state index is 11.8. The summed E-state index contributed by atoms with van der Waals surface area (Å²) in [5.74, 6) is -3.45. The van der Waals surface area contributed by atoms with Crippen molar-refractivity contribution in [2.24, 2.45) is 5.92 Å². The smallest absolute Gasteiger partial charge is 0.408 e. The van der Waals surface area contributed by atoms with Gasteiger partial charge in [-0.3, -0.25) is 4.79 Å². The average Bonchev–Trinajstić information content (AvgIpc) is 2.57. The van der Waals surface area contributed by atoms with Crippen LogP contribution in [0.4, 0.5) is 4.79 Å². The molecular formula is C20H29NO7. The number of ether oxygens (including phenoxy) is 1. The molecule has 0 aromatic heterocycles. The zero-order valence-corrected chi connectivity index (χ0v) is 16.5. The summed E-state index contributed by atoms with van der Waals surface area (Å²) >= 11 is 0. The molecule has 0 saturated carbocycles. The van der Waals surface area contributed by atoms with Gasteiger partial charge < -0.3 is 25.4 Å². The molecule has 4 N–H and O–H groups in total. The molecule has 0 radical (unpaired) electrons. The number of nitrogens with one attached hydrogen (secondary N) is 1. The monoisotopic (exact) mass is 395 g/mol. The third-order valence-electron chi connectivity index (χ3n) is 3.99. The van der Waals surface area contributed by atoms with Crippen LogP contribution < -0.4 is 5.32 Å². The van der Waals surface area contributed by atoms with Gasteiger partial charge in [0, 0.05) is 6.61 Å². The SMILES string of the molecule is CC(C)(C)OC(=O)N[C@@H](C[C@H](Cc1ccc(CCCO)cc1)C(=O)O)C(=O)O. The molecule has 0 heterocycles. The minimum absolute atomic E-state index is 0.101. The van der Waals surface area contributed by atoms with Crippen molar-refractivity contribution in [1.29, 1.82) is 0 Å². The number of hydrogen-bond acceptors (Lipinski definition) is 5. The number of aliphatic hydroxyl groups is 1. The first-order valence-corrected chi connectivity index (χ1v) is 9.15. The van der Waals surface area contributed by atoms with Gasteiger partial charge >= 0.3 is 18.0 Å². The van der Waals surface area contributed by atoms with Crippen LogP contribution >= 0.6 is 0 Å². The number of amides is 1. The van der Waals surface area contributed by atoms with Crippen LogP contribution in [0.3, 0.4) is 0 Å². The van der Waals surface area contributed by atoms with Crippen molar-refractivity contribution < 1.29 is 34.4 Å². The van der Waals surface area contributed by atoms with Crippen LogP contribution in [0.5, 0.6) is 0 Å². The van der Waals surface area contributed by atoms with Gasteiger partial charge in [0.25, 0.3) is 0 Å². The molecule has 8 nitrogen and oxygen atoms in total. The summed E-state index contributed by atoms with van der Waals surface area (Å²) in [6, 6.07) is 5.92. The first-order chi connectivity index (χ1) is 13.0. The number of benzene rings is 1. The van der Waals surface area contributed by atoms with Crippen molar-refractivity contribution >= 4 is 18.0 Å². The van der Waals surface area contributed by atoms with Crippen LogP contribution in [0.1, 0.15) is 44.7 Å². The van der Waals surface area contributed by atoms with Gasteiger partial charge in [0.15, 0.2) is 0 Å². The Labute approximate surface area is 164 Å². The Kier molecular flexibility index (Phi) is 8.91. The zero-order valence-electron chi connectivity index (χ0n) is 16.5. The minimum atomic E-state index is -1.38. The van der Waals surface area contributed by atoms with Gasteiger partial charge in [-0.15, -0.1) is 0 Å². The number of rotatable bonds is 10. The minimum Gasteiger partial charge on any atom is -0.481 e. The molecule has 0 saturated heterocycles. The molecule has 2 atom stereocenters. The normalized spacial score (nSPS) is 13.4. The topological polar surface area (TPSA) is 133 Å². The van der Waals surface area contributed by atoms with Crippen LogP contribution in [0.2, 0.25) is 0 Å². The number of carboxylic acids is 2. The van der Waals surface area contributed by atoms with E-state index in [1.165, 1.54) is 0 Å². The van der Waals surface area contributed by atoms with Gasteiger partial charge in [0.05, 0.1) is 5.92 Å². The highest BCUT2D eigenvalue weighted by atomic mass is 16.6. The molecule has 0 bridgehead atoms. The van der Waals surface area contributed by atoms with E-state index in [-0.39, 0.29) is 19.4 Å². The number of carbonyl (C=O) groups is 3. The fourth-order valence-corrected chi connectivity index (χ4v) is 2.64. The molecule has 8 heteroatoms. The second kappa shape index (κ2) is 10.7. The summed E-state index contributed by atoms with van der Waals surface area (Å²) in [7, 11) is 0. The van der Waals surface area contributed by atoms with E-state index < -0.39 is 35.6 Å². The van der Waals surface area contributed by atoms with E-state index in [1.54, 1.807) is 32.9 Å². The molecule has 156 valence electrons. The van der Waals surface area contributed by atoms with E-state index in [1.807, 2.05) is 12.1 Å². The van der Waals surface area contributed by atoms with E-state index in [2.05, 4.69) is 5.32 Å². The summed E-state index contributed by atoms with van der Waals surface area (Å²) in [5.41, 5.74) is 0.984. The van der Waals surface area contributed by atoms with Crippen molar-refractivity contribution in [2.45, 2.75) is 58.1 Å². The lowest BCUT2D eigenvalue weighted by Crippen LogP contribution is -2.45. The summed E-state index contributed by atoms with van der Waals surface area (Å²) in [6.07, 6.45) is 0.330. The van der Waals surface area contributed by atoms with Crippen LogP contribution in [0, 0.1) is 5.92 Å². The molecule has 1 rings (SSSR count). The second-order valence-corrected chi connectivity index (χ2v) is 7.66. The van der Waals surface area contributed by atoms with Crippen molar-refractivity contribution in [2.75, 3.05) is 6.61 Å². The molecule has 28 heavy (non-hydrogen) atoms. The average molecular weight is 395 g/mol. The maximum Gasteiger partial charge on any atom is 0.408 e. The van der Waals surface area contributed by atoms with E-state index in [9.17, 15) is 24.6 Å². The first-order valence-electron chi connectivity index (χ1n) is 9.15. The number of hydrogen-bond donors (Lipinski definition) is 4. The molecule has 1 aromatic carbocycles. The summed E-state index contributed by atoms with van der Waals surface area (Å²) in [6.45, 7) is 5.04. The Morgan fingerprint density at radius 3 is 2.07 bits per heavy atom. The summed E-state index contributed by atoms with van der Waals surface area (Å²) in [4.78, 5) is 34.9. The molecular weight excluding hydrogens is 366 g/mol. The molecule has 1 aromatic rings. The third-order valence-corrected chi connectivity index (χ3v) is 3.99. The van der Waals surface area contributed by atoms with Crippen molar-refractivity contribution in [3.8, 4) is 0 Å². The number of carboxylic acid groups (broad SMARTS) is 2. The number of alkyl carbamates (subject to hydrolysis) is 1. The van der Waals surface area contributed by atoms with Crippen LogP contribution in [-0.2, 0) is 27.2 Å². The van der Waals surface area contributed by atoms with Crippen molar-refractivity contribution in [3.05, 3.63) is 35.4 Å². The van der Waals surface area contributed by atoms with Crippen LogP contribution in [0.25, 0.3) is 0 Å². The standard InChI is InChI=1S/C20H29NO7/c1-20(2,3)28-19(27)21-16(18(25)26)12-15(17(23)24)11-14-8-6-13(7-9-14)5-4-10-22/h6-9,15-16,22H,4-5,10-12H2,1-3H3,(H,21,27)(H,23,24)(H,25,26)/t15-,16-/m0/s1. The lowest BCUT2D eigenvalue weighted by atomic mass is 9.92. The zero-order chi connectivity index (χ0) is 21.3. The summed E-state index contributed by atoms with van der Waals surface area (Å²) in [5, 5.41) is 29.9. The molecule has 0 fully saturated rings. The third kappa shape index (κ3) is 8.85. The van der Waals surface area contributed by atoms with Gasteiger partial charge in [0.1, 0.15) is 11.6 Å². The fraction of sp³-hybridized carbons (Fsp3) is 0.550. The predicted molar refractivity (Wildman–Crippen MR) is 102 cm³/mol. The quantitative estimate of drug-likeness (QED) is 0.477. The van der Waals surface area contributed by atoms with E-state index in [0.29, 0.717) is 6.42 Å². The molecule has 0 unspecified atom stereocenters. The van der Waals surface area contributed by atoms with Crippen LogP contribution in [-0.4, -0.2) is 51.6 Å². The van der Waals surface area contributed by atoms with Crippen molar-refractivity contribution in [1.82, 2.24) is 5.32 Å². The number of aliphatic carboxylic acids is 2. The van der Waals surface area contributed by atoms with E-state index >= 15 is 0 Å². The first kappa shape index (κ1) is 23.4. The molecule has 0 aliphatic carbocycles. The van der Waals surface area contributed by atoms with E-state index in [4.69, 9.17) is 9.84 Å². The molecule has 1 amide bonds. The Morgan fingerprint density at radius 2 is 1.61 bits per heavy atom. The van der Waals surface area contributed by atoms with E-state index in [0.717, 1.165) is 17.5 Å². The fourth-order valence-electron chi connectivity index (χ4n) is 2.64. The van der Waals surface area contributed by atoms with Gasteiger partial charge in [-0.1, -0.05) is 24.3 Å². The lowest BCUT2D eigenvalue weighted by molar-refractivity contribution is -0.144. The molecule has 0 spiro atoms. The highest BCUT2D eigenvalue weighted by molar-refractivity contribution is 5.81. The highest BCUT2D eigenvalue weighted by Gasteiger charge is 2.30. The van der Waals surface area contributed by atoms with Gasteiger partial charge in [0.2, 0.25) is 0 Å². The Morgan fingerprint density at radius 1 is 1.04 bits per heavy atom. The molecule has 0 aliphatic rings. The largest absolute Gasteiger partial charge is 0.481 e. The van der Waals surface area contributed by atoms with Crippen LogP contribution in [0.15, 0.2) is 24.3 Å². The second-order valence-electron chi connectivity index (χ2n) is 7.66. The Balaban J connectivity index is 2.78. The van der Waals surface area contributed by atoms with Gasteiger partial charge in [-0.05, 0) is 57.6 Å². The van der Waals surface area contributed by atoms with Gasteiger partial charge in [-0.25, -0.2) is 9.59 Å². The Hall–Kier alpha value is -2.61. The number of aryl methyl sites for hydroxylation is 1. The van der Waals surface area contributed by atoms with Gasteiger partial charge in [-0.2, -0.15) is 0 Å². The highest BCUT2D eigenvalue weighted by Crippen LogP contribution is 2.17. The predicted octanol–water partition coefficient (Wildman–Crippen LogP) is 2.22. The summed E-state index contributed by atoms with van der Waals surface area (Å²) < 4.78 is 5.05. The maximum atomic E-state index is 11.8. The number of aliphatic hydroxyl groups excluding tert-OH is 1. The molecule has 0 aliphatic heterocycles.